The number of hydrogen-bond acceptors (Lipinski definition) is 3. The molecule has 1 aliphatic carbocycles. The fourth-order valence-corrected chi connectivity index (χ4v) is 1.64. The minimum atomic E-state index is -0.925. The molecule has 0 unspecified atom stereocenters. The molecule has 5 heteroatoms. The van der Waals surface area contributed by atoms with Gasteiger partial charge in [-0.25, -0.2) is 13.6 Å². The van der Waals surface area contributed by atoms with Gasteiger partial charge in [-0.2, -0.15) is 10.3 Å². The number of carbonyl (C=O) groups excluding carboxylic acids is 1. The van der Waals surface area contributed by atoms with Crippen LogP contribution in [0.2, 0.25) is 0 Å². The van der Waals surface area contributed by atoms with E-state index in [4.69, 9.17) is 5.26 Å². The monoisotopic (exact) mass is 220 g/mol. The van der Waals surface area contributed by atoms with Crippen LogP contribution in [0.15, 0.2) is 17.1 Å². The maximum Gasteiger partial charge on any atom is 0.235 e. The van der Waals surface area contributed by atoms with E-state index in [1.165, 1.54) is 6.08 Å². The van der Waals surface area contributed by atoms with Crippen LogP contribution in [-0.2, 0) is 10.3 Å². The van der Waals surface area contributed by atoms with Crippen molar-refractivity contribution in [2.45, 2.75) is 18.4 Å². The summed E-state index contributed by atoms with van der Waals surface area (Å²) in [5.41, 5.74) is -1.08. The standard InChI is InChI=1S/C11H6F2N2O/c12-9-4-10(13)8(3-7(9)5-14)11(1-2-11)15-6-16/h3-4H,1-2H2. The summed E-state index contributed by atoms with van der Waals surface area (Å²) in [6, 6.07) is 3.38. The summed E-state index contributed by atoms with van der Waals surface area (Å²) >= 11 is 0. The summed E-state index contributed by atoms with van der Waals surface area (Å²) in [5, 5.41) is 8.63. The van der Waals surface area contributed by atoms with E-state index in [9.17, 15) is 13.6 Å². The Morgan fingerprint density at radius 2 is 2.00 bits per heavy atom. The van der Waals surface area contributed by atoms with Crippen LogP contribution in [0.1, 0.15) is 24.0 Å². The largest absolute Gasteiger partial charge is 0.235 e. The Morgan fingerprint density at radius 1 is 1.31 bits per heavy atom. The highest BCUT2D eigenvalue weighted by molar-refractivity contribution is 5.45. The van der Waals surface area contributed by atoms with Crippen molar-refractivity contribution in [3.05, 3.63) is 34.9 Å². The fraction of sp³-hybridized carbons (Fsp3) is 0.273. The van der Waals surface area contributed by atoms with Crippen molar-refractivity contribution in [2.24, 2.45) is 4.99 Å². The van der Waals surface area contributed by atoms with Crippen molar-refractivity contribution in [3.63, 3.8) is 0 Å². The zero-order chi connectivity index (χ0) is 11.8. The first-order valence-electron chi connectivity index (χ1n) is 4.61. The molecule has 0 heterocycles. The summed E-state index contributed by atoms with van der Waals surface area (Å²) in [4.78, 5) is 13.7. The highest BCUT2D eigenvalue weighted by atomic mass is 19.1. The van der Waals surface area contributed by atoms with Gasteiger partial charge in [0.25, 0.3) is 0 Å². The smallest absolute Gasteiger partial charge is 0.211 e. The molecule has 3 nitrogen and oxygen atoms in total. The molecular formula is C11H6F2N2O. The molecular weight excluding hydrogens is 214 g/mol. The third kappa shape index (κ3) is 1.50. The molecule has 16 heavy (non-hydrogen) atoms. The van der Waals surface area contributed by atoms with Crippen molar-refractivity contribution in [1.82, 2.24) is 0 Å². The quantitative estimate of drug-likeness (QED) is 0.566. The maximum atomic E-state index is 13.5. The van der Waals surface area contributed by atoms with Gasteiger partial charge in [-0.15, -0.1) is 0 Å². The van der Waals surface area contributed by atoms with Gasteiger partial charge in [0.05, 0.1) is 5.56 Å². The first kappa shape index (κ1) is 10.5. The van der Waals surface area contributed by atoms with Crippen LogP contribution >= 0.6 is 0 Å². The van der Waals surface area contributed by atoms with Gasteiger partial charge in [-0.3, -0.25) is 0 Å². The van der Waals surface area contributed by atoms with E-state index in [1.54, 1.807) is 6.07 Å². The number of nitriles is 1. The van der Waals surface area contributed by atoms with Crippen LogP contribution in [0.25, 0.3) is 0 Å². The fourth-order valence-electron chi connectivity index (χ4n) is 1.64. The Bertz CT molecular complexity index is 538. The maximum absolute atomic E-state index is 13.5. The number of nitrogens with zero attached hydrogens (tertiary/aromatic N) is 2. The van der Waals surface area contributed by atoms with Gasteiger partial charge in [-0.05, 0) is 18.9 Å². The zero-order valence-corrected chi connectivity index (χ0v) is 8.13. The molecule has 0 bridgehead atoms. The van der Waals surface area contributed by atoms with Crippen LogP contribution in [0.5, 0.6) is 0 Å². The summed E-state index contributed by atoms with van der Waals surface area (Å²) < 4.78 is 26.5. The topological polar surface area (TPSA) is 53.2 Å². The number of benzene rings is 1. The predicted octanol–water partition coefficient (Wildman–Crippen LogP) is 2.16. The molecule has 0 spiro atoms. The second-order valence-electron chi connectivity index (χ2n) is 3.66. The summed E-state index contributed by atoms with van der Waals surface area (Å²) in [6.45, 7) is 0. The minimum Gasteiger partial charge on any atom is -0.211 e. The second-order valence-corrected chi connectivity index (χ2v) is 3.66. The van der Waals surface area contributed by atoms with Gasteiger partial charge in [-0.1, -0.05) is 0 Å². The van der Waals surface area contributed by atoms with Crippen molar-refractivity contribution in [1.29, 1.82) is 5.26 Å². The van der Waals surface area contributed by atoms with Gasteiger partial charge in [0.2, 0.25) is 6.08 Å². The number of isocyanates is 1. The van der Waals surface area contributed by atoms with E-state index in [0.717, 1.165) is 6.07 Å². The lowest BCUT2D eigenvalue weighted by atomic mass is 10.0. The molecule has 1 aromatic carbocycles. The third-order valence-corrected chi connectivity index (χ3v) is 2.66. The predicted molar refractivity (Wildman–Crippen MR) is 50.1 cm³/mol. The van der Waals surface area contributed by atoms with Crippen LogP contribution in [0.4, 0.5) is 8.78 Å². The van der Waals surface area contributed by atoms with E-state index in [-0.39, 0.29) is 11.1 Å². The van der Waals surface area contributed by atoms with E-state index in [2.05, 4.69) is 4.99 Å². The molecule has 0 aliphatic heterocycles. The highest BCUT2D eigenvalue weighted by Gasteiger charge is 2.47. The van der Waals surface area contributed by atoms with Gasteiger partial charge >= 0.3 is 0 Å². The first-order valence-corrected chi connectivity index (χ1v) is 4.61. The molecule has 1 aromatic rings. The van der Waals surface area contributed by atoms with Gasteiger partial charge in [0, 0.05) is 11.6 Å². The van der Waals surface area contributed by atoms with Gasteiger partial charge in [0.1, 0.15) is 23.2 Å². The van der Waals surface area contributed by atoms with E-state index >= 15 is 0 Å². The Labute approximate surface area is 90.0 Å². The molecule has 1 aliphatic rings. The number of hydrogen-bond donors (Lipinski definition) is 0. The number of halogens is 2. The van der Waals surface area contributed by atoms with E-state index < -0.39 is 17.2 Å². The van der Waals surface area contributed by atoms with Crippen LogP contribution in [0.3, 0.4) is 0 Å². The number of aliphatic imine (C=N–C) groups is 1. The van der Waals surface area contributed by atoms with Crippen molar-refractivity contribution < 1.29 is 13.6 Å². The van der Waals surface area contributed by atoms with Crippen molar-refractivity contribution in [3.8, 4) is 6.07 Å². The summed E-state index contributed by atoms with van der Waals surface area (Å²) in [5.74, 6) is -1.69. The zero-order valence-electron chi connectivity index (χ0n) is 8.13. The molecule has 0 aromatic heterocycles. The Balaban J connectivity index is 2.58. The highest BCUT2D eigenvalue weighted by Crippen LogP contribution is 2.50. The Morgan fingerprint density at radius 3 is 2.50 bits per heavy atom. The first-order chi connectivity index (χ1) is 7.63. The van der Waals surface area contributed by atoms with Gasteiger partial charge < -0.3 is 0 Å². The lowest BCUT2D eigenvalue weighted by Gasteiger charge is -2.09. The molecule has 2 rings (SSSR count). The van der Waals surface area contributed by atoms with Gasteiger partial charge in [0.15, 0.2) is 0 Å². The minimum absolute atomic E-state index is 0.0915. The third-order valence-electron chi connectivity index (χ3n) is 2.66. The van der Waals surface area contributed by atoms with E-state index in [1.807, 2.05) is 0 Å². The molecule has 0 atom stereocenters. The van der Waals surface area contributed by atoms with Crippen LogP contribution in [0, 0.1) is 23.0 Å². The molecule has 1 fully saturated rings. The van der Waals surface area contributed by atoms with E-state index in [0.29, 0.717) is 18.9 Å². The lowest BCUT2D eigenvalue weighted by Crippen LogP contribution is -2.07. The normalized spacial score (nSPS) is 16.1. The SMILES string of the molecule is N#Cc1cc(C2(N=C=O)CC2)c(F)cc1F. The van der Waals surface area contributed by atoms with Crippen molar-refractivity contribution >= 4 is 6.08 Å². The molecule has 0 saturated heterocycles. The Hall–Kier alpha value is -2.05. The average molecular weight is 220 g/mol. The summed E-state index contributed by atoms with van der Waals surface area (Å²) in [7, 11) is 0. The molecule has 80 valence electrons. The molecule has 0 amide bonds. The average Bonchev–Trinajstić information content (AvgIpc) is 2.99. The number of rotatable bonds is 2. The van der Waals surface area contributed by atoms with Crippen molar-refractivity contribution in [2.75, 3.05) is 0 Å². The summed E-state index contributed by atoms with van der Waals surface area (Å²) in [6.07, 6.45) is 2.40. The molecule has 0 radical (unpaired) electrons. The molecule has 1 saturated carbocycles. The Kier molecular flexibility index (Phi) is 2.30. The van der Waals surface area contributed by atoms with Crippen LogP contribution in [-0.4, -0.2) is 6.08 Å². The molecule has 0 N–H and O–H groups in total. The van der Waals surface area contributed by atoms with Crippen LogP contribution < -0.4 is 0 Å². The second kappa shape index (κ2) is 3.51. The lowest BCUT2D eigenvalue weighted by molar-refractivity contribution is 0.539.